The van der Waals surface area contributed by atoms with Gasteiger partial charge in [-0.1, -0.05) is 146 Å². The molecule has 8 nitrogen and oxygen atoms in total. The van der Waals surface area contributed by atoms with Gasteiger partial charge in [-0.3, -0.25) is 0 Å². The maximum absolute atomic E-state index is 12.0. The van der Waals surface area contributed by atoms with Crippen LogP contribution in [0.4, 0.5) is 11.4 Å². The first kappa shape index (κ1) is 40.4. The minimum atomic E-state index is 0.137. The first-order valence-corrected chi connectivity index (χ1v) is 23.5. The average Bonchev–Trinajstić information content (AvgIpc) is 4.17. The van der Waals surface area contributed by atoms with Crippen molar-refractivity contribution >= 4 is 98.6 Å². The molecule has 8 heteroatoms. The van der Waals surface area contributed by atoms with Gasteiger partial charge in [0.25, 0.3) is 0 Å². The van der Waals surface area contributed by atoms with Crippen LogP contribution in [0.1, 0.15) is 11.1 Å². The first-order chi connectivity index (χ1) is 35.6. The van der Waals surface area contributed by atoms with E-state index in [0.717, 1.165) is 87.2 Å². The van der Waals surface area contributed by atoms with Crippen LogP contribution in [0.15, 0.2) is 206 Å². The SMILES string of the molecule is [C-]#[N+]c1c(-n2c3ccccc3c3ccccc32)cc(-n2c3ccccc3c3ccccc32)c([N+]#[C-])c1-c1c(C#N)c(-n2c3ccccc3c3ccccc32)cc(-n2c3ccccc3c3ccccc32)c1C#N. The summed E-state index contributed by atoms with van der Waals surface area (Å²) in [4.78, 5) is 8.90. The van der Waals surface area contributed by atoms with Gasteiger partial charge in [0.05, 0.1) is 91.2 Å². The highest BCUT2D eigenvalue weighted by Crippen LogP contribution is 2.53. The lowest BCUT2D eigenvalue weighted by Crippen LogP contribution is -2.08. The molecule has 4 aromatic heterocycles. The molecule has 0 bridgehead atoms. The summed E-state index contributed by atoms with van der Waals surface area (Å²) >= 11 is 0. The van der Waals surface area contributed by atoms with Crippen molar-refractivity contribution in [2.75, 3.05) is 0 Å². The fourth-order valence-electron chi connectivity index (χ4n) is 11.7. The molecule has 330 valence electrons. The second-order valence-electron chi connectivity index (χ2n) is 18.0. The highest BCUT2D eigenvalue weighted by Gasteiger charge is 2.33. The summed E-state index contributed by atoms with van der Waals surface area (Å²) in [6, 6.07) is 74.3. The number of hydrogen-bond donors (Lipinski definition) is 0. The summed E-state index contributed by atoms with van der Waals surface area (Å²) in [5.41, 5.74) is 9.94. The number of fused-ring (bicyclic) bond motifs is 12. The Morgan fingerprint density at radius 3 is 0.722 bits per heavy atom. The molecule has 0 fully saturated rings. The number of aromatic nitrogens is 4. The third-order valence-electron chi connectivity index (χ3n) is 14.5. The lowest BCUT2D eigenvalue weighted by molar-refractivity contribution is 1.12. The summed E-state index contributed by atoms with van der Waals surface area (Å²) in [7, 11) is 0. The molecule has 0 radical (unpaired) electrons. The highest BCUT2D eigenvalue weighted by atomic mass is 15.1. The summed E-state index contributed by atoms with van der Waals surface area (Å²) in [5.74, 6) is 0. The number of rotatable bonds is 5. The first-order valence-electron chi connectivity index (χ1n) is 23.5. The third kappa shape index (κ3) is 5.41. The number of hydrogen-bond acceptors (Lipinski definition) is 2. The molecule has 0 aliphatic rings. The Balaban J connectivity index is 1.25. The van der Waals surface area contributed by atoms with E-state index in [1.165, 1.54) is 0 Å². The lowest BCUT2D eigenvalue weighted by atomic mass is 9.88. The average molecular weight is 915 g/mol. The molecule has 0 N–H and O–H groups in total. The highest BCUT2D eigenvalue weighted by molar-refractivity contribution is 6.16. The van der Waals surface area contributed by atoms with Crippen molar-refractivity contribution in [2.45, 2.75) is 0 Å². The predicted molar refractivity (Wildman–Crippen MR) is 291 cm³/mol. The molecule has 72 heavy (non-hydrogen) atoms. The maximum Gasteiger partial charge on any atom is 0.208 e. The Morgan fingerprint density at radius 2 is 0.500 bits per heavy atom. The second kappa shape index (κ2) is 15.4. The van der Waals surface area contributed by atoms with Crippen molar-refractivity contribution < 1.29 is 0 Å². The van der Waals surface area contributed by atoms with Crippen molar-refractivity contribution in [3.05, 3.63) is 240 Å². The summed E-state index contributed by atoms with van der Waals surface area (Å²) in [5, 5.41) is 32.0. The van der Waals surface area contributed by atoms with Crippen molar-refractivity contribution in [2.24, 2.45) is 0 Å². The lowest BCUT2D eigenvalue weighted by Gasteiger charge is -2.24. The van der Waals surface area contributed by atoms with Crippen molar-refractivity contribution in [1.82, 2.24) is 18.3 Å². The molecule has 0 amide bonds. The van der Waals surface area contributed by atoms with E-state index in [9.17, 15) is 23.7 Å². The van der Waals surface area contributed by atoms with E-state index in [2.05, 4.69) is 113 Å². The Bertz CT molecular complexity index is 4050. The van der Waals surface area contributed by atoms with Crippen LogP contribution in [-0.2, 0) is 0 Å². The van der Waals surface area contributed by atoms with Crippen LogP contribution in [0.5, 0.6) is 0 Å². The molecule has 10 aromatic carbocycles. The van der Waals surface area contributed by atoms with E-state index in [4.69, 9.17) is 0 Å². The fraction of sp³-hybridized carbons (Fsp3) is 0. The van der Waals surface area contributed by atoms with Crippen LogP contribution in [-0.4, -0.2) is 18.3 Å². The Kier molecular flexibility index (Phi) is 8.67. The molecule has 0 aliphatic heterocycles. The molecule has 4 heterocycles. The summed E-state index contributed by atoms with van der Waals surface area (Å²) < 4.78 is 8.42. The molecule has 0 unspecified atom stereocenters. The van der Waals surface area contributed by atoms with Gasteiger partial charge >= 0.3 is 0 Å². The third-order valence-corrected chi connectivity index (χ3v) is 14.5. The molecule has 0 aliphatic carbocycles. The Morgan fingerprint density at radius 1 is 0.292 bits per heavy atom. The van der Waals surface area contributed by atoms with Crippen molar-refractivity contribution in [1.29, 1.82) is 10.5 Å². The minimum Gasteiger partial charge on any atom is -0.319 e. The van der Waals surface area contributed by atoms with Crippen LogP contribution in [0.25, 0.3) is 131 Å². The van der Waals surface area contributed by atoms with E-state index in [1.807, 2.05) is 133 Å². The van der Waals surface area contributed by atoms with Gasteiger partial charge in [-0.05, 0) is 66.2 Å². The van der Waals surface area contributed by atoms with Crippen LogP contribution in [0.3, 0.4) is 0 Å². The van der Waals surface area contributed by atoms with Crippen LogP contribution >= 0.6 is 0 Å². The molecule has 14 aromatic rings. The van der Waals surface area contributed by atoms with E-state index < -0.39 is 0 Å². The molecular formula is C64H34N8. The summed E-state index contributed by atoms with van der Waals surface area (Å²) in [6.07, 6.45) is 0. The Hall–Kier alpha value is -10.6. The second-order valence-corrected chi connectivity index (χ2v) is 18.0. The predicted octanol–water partition coefficient (Wildman–Crippen LogP) is 16.6. The van der Waals surface area contributed by atoms with Gasteiger partial charge in [0, 0.05) is 48.7 Å². The molecule has 0 saturated carbocycles. The largest absolute Gasteiger partial charge is 0.319 e. The zero-order valence-corrected chi connectivity index (χ0v) is 38.2. The maximum atomic E-state index is 12.0. The Labute approximate surface area is 411 Å². The van der Waals surface area contributed by atoms with E-state index in [0.29, 0.717) is 22.7 Å². The van der Waals surface area contributed by atoms with Gasteiger partial charge in [0.2, 0.25) is 11.4 Å². The molecule has 14 rings (SSSR count). The smallest absolute Gasteiger partial charge is 0.208 e. The number of nitriles is 2. The van der Waals surface area contributed by atoms with Crippen molar-refractivity contribution in [3.8, 4) is 46.0 Å². The topological polar surface area (TPSA) is 76.0 Å². The molecule has 0 spiro atoms. The standard InChI is InChI=1S/C64H34N8/c1-67-63-59(71-53-31-15-7-23-43(53)44-24-8-16-32-54(44)71)36-60(72-55-33-17-9-25-45(55)46-26-10-18-34-56(46)72)64(68-2)62(63)61-47(37-65)57(69-49-27-11-3-19-39(49)40-20-4-12-28-50(40)69)35-58(48(61)38-66)70-51-29-13-5-21-41(51)42-22-6-14-30-52(42)70/h3-36H. The summed E-state index contributed by atoms with van der Waals surface area (Å²) in [6.45, 7) is 18.7. The van der Waals surface area contributed by atoms with Gasteiger partial charge in [-0.25, -0.2) is 9.69 Å². The van der Waals surface area contributed by atoms with E-state index in [1.54, 1.807) is 0 Å². The normalized spacial score (nSPS) is 11.6. The van der Waals surface area contributed by atoms with Gasteiger partial charge in [0.1, 0.15) is 12.1 Å². The fourth-order valence-corrected chi connectivity index (χ4v) is 11.7. The van der Waals surface area contributed by atoms with Crippen LogP contribution in [0, 0.1) is 35.8 Å². The van der Waals surface area contributed by atoms with Gasteiger partial charge in [-0.2, -0.15) is 10.5 Å². The zero-order chi connectivity index (χ0) is 48.2. The molecular weight excluding hydrogens is 881 g/mol. The van der Waals surface area contributed by atoms with E-state index in [-0.39, 0.29) is 33.6 Å². The number of para-hydroxylation sites is 8. The molecule has 0 saturated heterocycles. The minimum absolute atomic E-state index is 0.137. The molecule has 0 atom stereocenters. The number of nitrogens with zero attached hydrogens (tertiary/aromatic N) is 8. The monoisotopic (exact) mass is 914 g/mol. The quantitative estimate of drug-likeness (QED) is 0.161. The van der Waals surface area contributed by atoms with Gasteiger partial charge in [0.15, 0.2) is 0 Å². The zero-order valence-electron chi connectivity index (χ0n) is 38.2. The number of benzene rings is 10. The van der Waals surface area contributed by atoms with Gasteiger partial charge < -0.3 is 18.3 Å². The van der Waals surface area contributed by atoms with Crippen LogP contribution < -0.4 is 0 Å². The van der Waals surface area contributed by atoms with Crippen LogP contribution in [0.2, 0.25) is 0 Å². The van der Waals surface area contributed by atoms with Crippen molar-refractivity contribution in [3.63, 3.8) is 0 Å². The van der Waals surface area contributed by atoms with E-state index >= 15 is 0 Å². The van der Waals surface area contributed by atoms with Gasteiger partial charge in [-0.15, -0.1) is 0 Å².